The number of carbonyl (C=O) groups excluding carboxylic acids is 2. The van der Waals surface area contributed by atoms with Crippen LogP contribution in [0.25, 0.3) is 0 Å². The van der Waals surface area contributed by atoms with Crippen molar-refractivity contribution in [3.8, 4) is 0 Å². The van der Waals surface area contributed by atoms with Gasteiger partial charge in [-0.25, -0.2) is 8.42 Å². The summed E-state index contributed by atoms with van der Waals surface area (Å²) in [6.45, 7) is 8.78. The fraction of sp³-hybridized carbons (Fsp3) is 0.481. The highest BCUT2D eigenvalue weighted by Gasteiger charge is 2.26. The van der Waals surface area contributed by atoms with Crippen molar-refractivity contribution in [3.05, 3.63) is 64.1 Å². The van der Waals surface area contributed by atoms with Crippen molar-refractivity contribution in [1.29, 1.82) is 0 Å². The summed E-state index contributed by atoms with van der Waals surface area (Å²) < 4.78 is 27.2. The number of carbonyl (C=O) groups is 2. The van der Waals surface area contributed by atoms with Crippen molar-refractivity contribution >= 4 is 43.5 Å². The second-order valence-electron chi connectivity index (χ2n) is 9.43. The number of aryl methyl sites for hydroxylation is 1. The molecule has 0 unspecified atom stereocenters. The van der Waals surface area contributed by atoms with Crippen LogP contribution in [0.4, 0.5) is 5.69 Å². The zero-order chi connectivity index (χ0) is 26.9. The maximum Gasteiger partial charge on any atom is 0.242 e. The normalized spacial score (nSPS) is 12.3. The third-order valence-electron chi connectivity index (χ3n) is 5.88. The molecular weight excluding hydrogens is 542 g/mol. The third-order valence-corrected chi connectivity index (χ3v) is 7.57. The molecule has 0 aromatic heterocycles. The Labute approximate surface area is 224 Å². The molecule has 0 bridgehead atoms. The molecule has 2 amide bonds. The molecule has 0 aliphatic carbocycles. The molecule has 0 saturated heterocycles. The van der Waals surface area contributed by atoms with E-state index in [2.05, 4.69) is 21.2 Å². The predicted octanol–water partition coefficient (Wildman–Crippen LogP) is 4.75. The maximum atomic E-state index is 13.3. The molecule has 198 valence electrons. The van der Waals surface area contributed by atoms with E-state index in [0.29, 0.717) is 24.6 Å². The van der Waals surface area contributed by atoms with Crippen LogP contribution in [0.2, 0.25) is 0 Å². The number of rotatable bonds is 13. The molecule has 7 nitrogen and oxygen atoms in total. The van der Waals surface area contributed by atoms with Gasteiger partial charge < -0.3 is 10.2 Å². The monoisotopic (exact) mass is 579 g/mol. The van der Waals surface area contributed by atoms with Gasteiger partial charge in [-0.1, -0.05) is 61.0 Å². The highest BCUT2D eigenvalue weighted by atomic mass is 79.9. The van der Waals surface area contributed by atoms with E-state index in [-0.39, 0.29) is 31.3 Å². The molecule has 0 spiro atoms. The molecule has 9 heteroatoms. The van der Waals surface area contributed by atoms with Gasteiger partial charge in [0.15, 0.2) is 0 Å². The van der Waals surface area contributed by atoms with Crippen LogP contribution in [0.3, 0.4) is 0 Å². The van der Waals surface area contributed by atoms with E-state index >= 15 is 0 Å². The van der Waals surface area contributed by atoms with E-state index in [4.69, 9.17) is 0 Å². The van der Waals surface area contributed by atoms with Crippen molar-refractivity contribution < 1.29 is 18.0 Å². The molecule has 0 aliphatic heterocycles. The summed E-state index contributed by atoms with van der Waals surface area (Å²) in [6.07, 6.45) is 2.49. The summed E-state index contributed by atoms with van der Waals surface area (Å²) in [7, 11) is -3.52. The fourth-order valence-electron chi connectivity index (χ4n) is 3.77. The Morgan fingerprint density at radius 1 is 1.03 bits per heavy atom. The first-order chi connectivity index (χ1) is 16.9. The number of halogens is 1. The van der Waals surface area contributed by atoms with Crippen LogP contribution in [0.1, 0.15) is 51.7 Å². The number of amides is 2. The Bertz CT molecular complexity index is 1120. The van der Waals surface area contributed by atoms with Crippen molar-refractivity contribution in [1.82, 2.24) is 10.2 Å². The zero-order valence-electron chi connectivity index (χ0n) is 21.8. The van der Waals surface area contributed by atoms with Crippen molar-refractivity contribution in [3.63, 3.8) is 0 Å². The van der Waals surface area contributed by atoms with E-state index < -0.39 is 16.1 Å². The molecule has 2 aromatic carbocycles. The number of nitrogens with zero attached hydrogens (tertiary/aromatic N) is 2. The molecule has 0 fully saturated rings. The van der Waals surface area contributed by atoms with Crippen LogP contribution in [-0.4, -0.2) is 50.5 Å². The van der Waals surface area contributed by atoms with Gasteiger partial charge in [0.25, 0.3) is 0 Å². The molecule has 0 aliphatic rings. The zero-order valence-corrected chi connectivity index (χ0v) is 24.2. The Kier molecular flexibility index (Phi) is 11.4. The summed E-state index contributed by atoms with van der Waals surface area (Å²) in [4.78, 5) is 27.7. The van der Waals surface area contributed by atoms with Gasteiger partial charge in [-0.05, 0) is 61.1 Å². The SMILES string of the molecule is CCc1ccc(N(CCCC(=O)N(Cc2cccc(Br)c2)[C@H](C)C(=O)NCC(C)C)S(C)(=O)=O)cc1. The van der Waals surface area contributed by atoms with Gasteiger partial charge in [0.1, 0.15) is 6.04 Å². The number of anilines is 1. The molecule has 36 heavy (non-hydrogen) atoms. The Morgan fingerprint density at radius 2 is 1.69 bits per heavy atom. The lowest BCUT2D eigenvalue weighted by molar-refractivity contribution is -0.140. The number of nitrogens with one attached hydrogen (secondary N) is 1. The Morgan fingerprint density at radius 3 is 2.25 bits per heavy atom. The smallest absolute Gasteiger partial charge is 0.242 e. The van der Waals surface area contributed by atoms with Gasteiger partial charge in [-0.3, -0.25) is 13.9 Å². The Balaban J connectivity index is 2.15. The first kappa shape index (κ1) is 29.8. The lowest BCUT2D eigenvalue weighted by Gasteiger charge is -2.29. The van der Waals surface area contributed by atoms with Crippen LogP contribution < -0.4 is 9.62 Å². The number of hydrogen-bond acceptors (Lipinski definition) is 4. The molecule has 0 radical (unpaired) electrons. The lowest BCUT2D eigenvalue weighted by Crippen LogP contribution is -2.48. The summed E-state index contributed by atoms with van der Waals surface area (Å²) in [5.74, 6) is -0.110. The second-order valence-corrected chi connectivity index (χ2v) is 12.2. The minimum Gasteiger partial charge on any atom is -0.354 e. The highest BCUT2D eigenvalue weighted by molar-refractivity contribution is 9.10. The quantitative estimate of drug-likeness (QED) is 0.371. The van der Waals surface area contributed by atoms with Crippen LogP contribution >= 0.6 is 15.9 Å². The van der Waals surface area contributed by atoms with E-state index in [1.165, 1.54) is 10.6 Å². The van der Waals surface area contributed by atoms with Gasteiger partial charge >= 0.3 is 0 Å². The average molecular weight is 581 g/mol. The van der Waals surface area contributed by atoms with Crippen LogP contribution in [0, 0.1) is 5.92 Å². The second kappa shape index (κ2) is 13.8. The fourth-order valence-corrected chi connectivity index (χ4v) is 5.18. The molecule has 2 rings (SSSR count). The van der Waals surface area contributed by atoms with Crippen molar-refractivity contribution in [2.75, 3.05) is 23.7 Å². The van der Waals surface area contributed by atoms with Gasteiger partial charge in [-0.2, -0.15) is 0 Å². The largest absolute Gasteiger partial charge is 0.354 e. The van der Waals surface area contributed by atoms with Gasteiger partial charge in [0.2, 0.25) is 21.8 Å². The molecular formula is C27H38BrN3O4S. The average Bonchev–Trinajstić information content (AvgIpc) is 2.82. The molecule has 1 atom stereocenters. The van der Waals surface area contributed by atoms with E-state index in [0.717, 1.165) is 22.0 Å². The van der Waals surface area contributed by atoms with Gasteiger partial charge in [-0.15, -0.1) is 0 Å². The van der Waals surface area contributed by atoms with E-state index in [1.807, 2.05) is 57.2 Å². The van der Waals surface area contributed by atoms with E-state index in [9.17, 15) is 18.0 Å². The Hall–Kier alpha value is -2.39. The summed E-state index contributed by atoms with van der Waals surface area (Å²) in [6, 6.07) is 14.4. The maximum absolute atomic E-state index is 13.3. The molecule has 1 N–H and O–H groups in total. The van der Waals surface area contributed by atoms with Crippen LogP contribution in [0.15, 0.2) is 53.0 Å². The van der Waals surface area contributed by atoms with E-state index in [1.54, 1.807) is 24.0 Å². The molecule has 0 saturated carbocycles. The molecule has 2 aromatic rings. The number of hydrogen-bond donors (Lipinski definition) is 1. The summed E-state index contributed by atoms with van der Waals surface area (Å²) in [5, 5.41) is 2.91. The first-order valence-electron chi connectivity index (χ1n) is 12.3. The topological polar surface area (TPSA) is 86.8 Å². The van der Waals surface area contributed by atoms with Crippen molar-refractivity contribution in [2.24, 2.45) is 5.92 Å². The first-order valence-corrected chi connectivity index (χ1v) is 14.9. The van der Waals surface area contributed by atoms with Crippen molar-refractivity contribution in [2.45, 2.75) is 59.5 Å². The minimum atomic E-state index is -3.52. The lowest BCUT2D eigenvalue weighted by atomic mass is 10.1. The van der Waals surface area contributed by atoms with Crippen LogP contribution in [0.5, 0.6) is 0 Å². The standard InChI is InChI=1S/C27H38BrN3O4S/c1-6-22-12-14-25(15-13-22)31(36(5,34)35)16-8-11-26(32)30(19-23-9-7-10-24(28)17-23)21(4)27(33)29-18-20(2)3/h7,9-10,12-15,17,20-21H,6,8,11,16,18-19H2,1-5H3,(H,29,33)/t21-/m1/s1. The number of benzene rings is 2. The van der Waals surface area contributed by atoms with Crippen LogP contribution in [-0.2, 0) is 32.6 Å². The number of sulfonamides is 1. The predicted molar refractivity (Wildman–Crippen MR) is 149 cm³/mol. The summed E-state index contributed by atoms with van der Waals surface area (Å²) in [5.41, 5.74) is 2.60. The minimum absolute atomic E-state index is 0.120. The van der Waals surface area contributed by atoms with Gasteiger partial charge in [0.05, 0.1) is 11.9 Å². The summed E-state index contributed by atoms with van der Waals surface area (Å²) >= 11 is 3.46. The highest BCUT2D eigenvalue weighted by Crippen LogP contribution is 2.21. The molecule has 0 heterocycles. The van der Waals surface area contributed by atoms with Gasteiger partial charge in [0, 0.05) is 30.5 Å². The third kappa shape index (κ3) is 9.24.